The van der Waals surface area contributed by atoms with E-state index < -0.39 is 5.66 Å². The molecule has 1 aliphatic carbocycles. The minimum atomic E-state index is -0.794. The van der Waals surface area contributed by atoms with Gasteiger partial charge in [0.05, 0.1) is 0 Å². The van der Waals surface area contributed by atoms with Crippen LogP contribution in [0.2, 0.25) is 0 Å². The zero-order chi connectivity index (χ0) is 18.5. The number of carbonyl (C=O) groups is 1. The monoisotopic (exact) mass is 352 g/mol. The maximum Gasteiger partial charge on any atom is 0.277 e. The third-order valence-electron chi connectivity index (χ3n) is 5.03. The first kappa shape index (κ1) is 16.3. The molecule has 1 spiro atoms. The highest BCUT2D eigenvalue weighted by molar-refractivity contribution is 5.97. The van der Waals surface area contributed by atoms with Gasteiger partial charge in [-0.1, -0.05) is 13.0 Å². The van der Waals surface area contributed by atoms with Gasteiger partial charge in [-0.25, -0.2) is 9.97 Å². The number of nitrogens with one attached hydrogen (secondary N) is 2. The fourth-order valence-corrected chi connectivity index (χ4v) is 3.76. The third kappa shape index (κ3) is 2.37. The Morgan fingerprint density at radius 2 is 2.19 bits per heavy atom. The molecule has 2 aromatic heterocycles. The molecule has 2 unspecified atom stereocenters. The highest BCUT2D eigenvalue weighted by Gasteiger charge is 2.46. The van der Waals surface area contributed by atoms with E-state index in [4.69, 9.17) is 5.73 Å². The number of hydrogen-bond donors (Lipinski definition) is 3. The number of pyridine rings is 1. The number of nitrogens with zero attached hydrogens (tertiary/aromatic N) is 3. The molecular formula is C18H20N6O2. The molecule has 0 aromatic carbocycles. The van der Waals surface area contributed by atoms with Crippen molar-refractivity contribution >= 4 is 23.2 Å². The van der Waals surface area contributed by atoms with Gasteiger partial charge < -0.3 is 16.4 Å². The summed E-state index contributed by atoms with van der Waals surface area (Å²) in [5.41, 5.74) is 6.07. The largest absolute Gasteiger partial charge is 0.384 e. The molecule has 8 heteroatoms. The number of aryl methyl sites for hydroxylation is 1. The first-order chi connectivity index (χ1) is 12.4. The number of allylic oxidation sites excluding steroid dienone is 1. The second-order valence-corrected chi connectivity index (χ2v) is 6.79. The number of carbonyl (C=O) groups excluding carboxylic acids is 1. The predicted molar refractivity (Wildman–Crippen MR) is 98.1 cm³/mol. The van der Waals surface area contributed by atoms with E-state index in [2.05, 4.69) is 33.6 Å². The Balaban J connectivity index is 1.84. The van der Waals surface area contributed by atoms with Crippen molar-refractivity contribution in [2.75, 3.05) is 11.1 Å². The van der Waals surface area contributed by atoms with Crippen LogP contribution in [0.15, 0.2) is 35.4 Å². The number of aromatic nitrogens is 3. The second kappa shape index (κ2) is 5.69. The lowest BCUT2D eigenvalue weighted by molar-refractivity contribution is 0.0934. The molecule has 1 amide bonds. The quantitative estimate of drug-likeness (QED) is 0.724. The van der Waals surface area contributed by atoms with Gasteiger partial charge >= 0.3 is 0 Å². The van der Waals surface area contributed by atoms with Crippen LogP contribution >= 0.6 is 0 Å². The zero-order valence-electron chi connectivity index (χ0n) is 14.6. The van der Waals surface area contributed by atoms with Gasteiger partial charge in [-0.3, -0.25) is 14.2 Å². The van der Waals surface area contributed by atoms with Gasteiger partial charge in [-0.2, -0.15) is 0 Å². The number of amides is 1. The summed E-state index contributed by atoms with van der Waals surface area (Å²) in [5.74, 6) is 0.832. The molecule has 4 N–H and O–H groups in total. The smallest absolute Gasteiger partial charge is 0.277 e. The van der Waals surface area contributed by atoms with E-state index in [1.807, 2.05) is 13.0 Å². The third-order valence-corrected chi connectivity index (χ3v) is 5.03. The topological polar surface area (TPSA) is 115 Å². The average Bonchev–Trinajstić information content (AvgIpc) is 3.14. The van der Waals surface area contributed by atoms with Gasteiger partial charge in [0.25, 0.3) is 11.5 Å². The van der Waals surface area contributed by atoms with Crippen molar-refractivity contribution in [3.05, 3.63) is 52.2 Å². The van der Waals surface area contributed by atoms with Gasteiger partial charge in [0.1, 0.15) is 35.0 Å². The van der Waals surface area contributed by atoms with Crippen LogP contribution in [-0.4, -0.2) is 20.4 Å². The molecule has 3 heterocycles. The second-order valence-electron chi connectivity index (χ2n) is 6.79. The Morgan fingerprint density at radius 3 is 2.88 bits per heavy atom. The highest BCUT2D eigenvalue weighted by atomic mass is 16.2. The Morgan fingerprint density at radius 1 is 1.38 bits per heavy atom. The summed E-state index contributed by atoms with van der Waals surface area (Å²) >= 11 is 0. The van der Waals surface area contributed by atoms with E-state index in [0.717, 1.165) is 12.0 Å². The van der Waals surface area contributed by atoms with Crippen LogP contribution in [0.3, 0.4) is 0 Å². The number of anilines is 3. The lowest BCUT2D eigenvalue weighted by Crippen LogP contribution is -2.45. The molecule has 0 radical (unpaired) electrons. The van der Waals surface area contributed by atoms with Crippen LogP contribution in [-0.2, 0) is 5.66 Å². The van der Waals surface area contributed by atoms with Crippen molar-refractivity contribution in [2.45, 2.75) is 32.4 Å². The van der Waals surface area contributed by atoms with E-state index in [1.54, 1.807) is 16.7 Å². The lowest BCUT2D eigenvalue weighted by atomic mass is 10.0. The Hall–Kier alpha value is -3.16. The van der Waals surface area contributed by atoms with Crippen LogP contribution in [0.1, 0.15) is 35.8 Å². The van der Waals surface area contributed by atoms with Crippen LogP contribution < -0.4 is 21.9 Å². The van der Waals surface area contributed by atoms with Crippen LogP contribution in [0.4, 0.5) is 17.3 Å². The van der Waals surface area contributed by atoms with Crippen molar-refractivity contribution in [2.24, 2.45) is 5.92 Å². The molecule has 0 saturated carbocycles. The van der Waals surface area contributed by atoms with Crippen LogP contribution in [0.25, 0.3) is 0 Å². The van der Waals surface area contributed by atoms with Gasteiger partial charge in [0.15, 0.2) is 0 Å². The summed E-state index contributed by atoms with van der Waals surface area (Å²) in [6.45, 7) is 3.91. The minimum absolute atomic E-state index is 0.223. The van der Waals surface area contributed by atoms with Gasteiger partial charge in [-0.15, -0.1) is 0 Å². The van der Waals surface area contributed by atoms with Crippen molar-refractivity contribution in [3.63, 3.8) is 0 Å². The molecule has 26 heavy (non-hydrogen) atoms. The van der Waals surface area contributed by atoms with Crippen molar-refractivity contribution < 1.29 is 4.79 Å². The van der Waals surface area contributed by atoms with Crippen molar-refractivity contribution in [1.82, 2.24) is 19.9 Å². The van der Waals surface area contributed by atoms with E-state index in [0.29, 0.717) is 35.4 Å². The zero-order valence-corrected chi connectivity index (χ0v) is 14.6. The maximum atomic E-state index is 13.2. The minimum Gasteiger partial charge on any atom is -0.384 e. The summed E-state index contributed by atoms with van der Waals surface area (Å²) in [6, 6.07) is 3.22. The molecule has 2 aromatic rings. The Bertz CT molecular complexity index is 996. The standard InChI is InChI=1S/C18H20N6O2/c1-3-11-4-5-18(8-11)23-16(25)15-10(2)6-12(17(26)24(15)18)22-14-7-13(19)20-9-21-14/h4-7,9,11H,3,8H2,1-2H3,(H,23,25)(H3,19,20,21,22). The molecule has 4 rings (SSSR count). The predicted octanol–water partition coefficient (Wildman–Crippen LogP) is 1.65. The highest BCUT2D eigenvalue weighted by Crippen LogP contribution is 2.38. The fourth-order valence-electron chi connectivity index (χ4n) is 3.76. The van der Waals surface area contributed by atoms with Gasteiger partial charge in [0, 0.05) is 6.07 Å². The molecule has 2 atom stereocenters. The summed E-state index contributed by atoms with van der Waals surface area (Å²) in [7, 11) is 0. The number of rotatable bonds is 3. The van der Waals surface area contributed by atoms with E-state index in [9.17, 15) is 9.59 Å². The fraction of sp³-hybridized carbons (Fsp3) is 0.333. The number of hydrogen-bond acceptors (Lipinski definition) is 6. The lowest BCUT2D eigenvalue weighted by Gasteiger charge is -2.26. The normalized spacial score (nSPS) is 23.3. The molecule has 2 aliphatic rings. The van der Waals surface area contributed by atoms with Crippen LogP contribution in [0.5, 0.6) is 0 Å². The average molecular weight is 352 g/mol. The molecule has 0 saturated heterocycles. The number of nitrogen functional groups attached to an aromatic ring is 1. The molecule has 0 fully saturated rings. The summed E-state index contributed by atoms with van der Waals surface area (Å²) < 4.78 is 1.57. The number of fused-ring (bicyclic) bond motifs is 2. The van der Waals surface area contributed by atoms with Gasteiger partial charge in [0.2, 0.25) is 0 Å². The molecule has 0 bridgehead atoms. The first-order valence-corrected chi connectivity index (χ1v) is 8.57. The Kier molecular flexibility index (Phi) is 3.57. The first-order valence-electron chi connectivity index (χ1n) is 8.57. The van der Waals surface area contributed by atoms with Crippen molar-refractivity contribution in [3.8, 4) is 0 Å². The molecule has 1 aliphatic heterocycles. The summed E-state index contributed by atoms with van der Waals surface area (Å²) in [5, 5.41) is 6.01. The van der Waals surface area contributed by atoms with E-state index >= 15 is 0 Å². The molecule has 8 nitrogen and oxygen atoms in total. The molecule has 134 valence electrons. The van der Waals surface area contributed by atoms with Gasteiger partial charge in [-0.05, 0) is 43.4 Å². The maximum absolute atomic E-state index is 13.2. The summed E-state index contributed by atoms with van der Waals surface area (Å²) in [4.78, 5) is 33.7. The SMILES string of the molecule is CCC1C=CC2(C1)NC(=O)c1c(C)cc(Nc3cc(N)ncn3)c(=O)n12. The number of nitrogens with two attached hydrogens (primary N) is 1. The van der Waals surface area contributed by atoms with Crippen molar-refractivity contribution in [1.29, 1.82) is 0 Å². The Labute approximate surface area is 150 Å². The summed E-state index contributed by atoms with van der Waals surface area (Å²) in [6.07, 6.45) is 6.96. The van der Waals surface area contributed by atoms with Crippen LogP contribution in [0, 0.1) is 12.8 Å². The van der Waals surface area contributed by atoms with E-state index in [1.165, 1.54) is 6.33 Å². The molecular weight excluding hydrogens is 332 g/mol. The van der Waals surface area contributed by atoms with E-state index in [-0.39, 0.29) is 11.5 Å².